The topological polar surface area (TPSA) is 86.2 Å². The molecule has 0 saturated heterocycles. The van der Waals surface area contributed by atoms with Crippen molar-refractivity contribution in [3.05, 3.63) is 0 Å². The van der Waals surface area contributed by atoms with Gasteiger partial charge in [-0.25, -0.2) is 0 Å². The lowest BCUT2D eigenvalue weighted by atomic mass is 10.0. The zero-order valence-corrected chi connectivity index (χ0v) is 23.9. The van der Waals surface area contributed by atoms with E-state index in [1.807, 2.05) is 48.6 Å². The van der Waals surface area contributed by atoms with Gasteiger partial charge in [-0.2, -0.15) is 0 Å². The maximum atomic E-state index is 11.2. The SMILES string of the molecule is CNCCC(C)(C)OCCC(C)(C)OCP(O)COC(C)(C)CCOC(C)(C)CCC(C)=O. The molecule has 0 amide bonds. The Bertz CT molecular complexity index is 551. The van der Waals surface area contributed by atoms with Gasteiger partial charge in [-0.05, 0) is 102 Å². The molecule has 0 aliphatic carbocycles. The van der Waals surface area contributed by atoms with E-state index in [9.17, 15) is 9.69 Å². The first-order valence-electron chi connectivity index (χ1n) is 12.1. The Morgan fingerprint density at radius 3 is 1.52 bits per heavy atom. The molecule has 0 radical (unpaired) electrons. The van der Waals surface area contributed by atoms with Crippen LogP contribution in [0.3, 0.4) is 0 Å². The lowest BCUT2D eigenvalue weighted by Crippen LogP contribution is -2.33. The summed E-state index contributed by atoms with van der Waals surface area (Å²) in [7, 11) is 0.565. The van der Waals surface area contributed by atoms with Crippen LogP contribution in [0.2, 0.25) is 0 Å². The molecule has 0 aliphatic heterocycles. The molecule has 0 rings (SSSR count). The van der Waals surface area contributed by atoms with Gasteiger partial charge in [-0.1, -0.05) is 0 Å². The molecule has 198 valence electrons. The molecule has 0 fully saturated rings. The normalized spacial score (nSPS) is 14.5. The number of ether oxygens (including phenoxy) is 4. The van der Waals surface area contributed by atoms with Gasteiger partial charge < -0.3 is 34.0 Å². The fraction of sp³-hybridized carbons (Fsp3) is 0.960. The maximum absolute atomic E-state index is 11.2. The van der Waals surface area contributed by atoms with Gasteiger partial charge >= 0.3 is 0 Å². The summed E-state index contributed by atoms with van der Waals surface area (Å²) in [5, 5.41) is 3.15. The Morgan fingerprint density at radius 1 is 0.727 bits per heavy atom. The fourth-order valence-corrected chi connectivity index (χ4v) is 3.95. The lowest BCUT2D eigenvalue weighted by Gasteiger charge is -2.31. The third-order valence-corrected chi connectivity index (χ3v) is 6.51. The summed E-state index contributed by atoms with van der Waals surface area (Å²) >= 11 is 0. The third kappa shape index (κ3) is 18.8. The van der Waals surface area contributed by atoms with Crippen LogP contribution in [-0.4, -0.2) is 72.6 Å². The second kappa shape index (κ2) is 15.1. The van der Waals surface area contributed by atoms with Crippen molar-refractivity contribution in [2.75, 3.05) is 39.5 Å². The molecule has 0 aromatic carbocycles. The Kier molecular flexibility index (Phi) is 15.0. The zero-order chi connectivity index (χ0) is 25.8. The van der Waals surface area contributed by atoms with Crippen LogP contribution in [0.4, 0.5) is 0 Å². The van der Waals surface area contributed by atoms with Crippen LogP contribution in [0.1, 0.15) is 94.4 Å². The molecule has 7 nitrogen and oxygen atoms in total. The van der Waals surface area contributed by atoms with E-state index in [1.54, 1.807) is 6.92 Å². The molecule has 0 aromatic rings. The predicted octanol–water partition coefficient (Wildman–Crippen LogP) is 5.23. The van der Waals surface area contributed by atoms with Gasteiger partial charge in [0.05, 0.1) is 56.5 Å². The van der Waals surface area contributed by atoms with Crippen LogP contribution >= 0.6 is 8.15 Å². The van der Waals surface area contributed by atoms with Crippen molar-refractivity contribution in [1.29, 1.82) is 0 Å². The van der Waals surface area contributed by atoms with Crippen LogP contribution in [0, 0.1) is 0 Å². The van der Waals surface area contributed by atoms with Crippen LogP contribution in [0.25, 0.3) is 0 Å². The van der Waals surface area contributed by atoms with Gasteiger partial charge in [0.2, 0.25) is 0 Å². The van der Waals surface area contributed by atoms with E-state index < -0.39 is 13.7 Å². The monoisotopic (exact) mass is 493 g/mol. The van der Waals surface area contributed by atoms with Crippen molar-refractivity contribution in [2.24, 2.45) is 0 Å². The van der Waals surface area contributed by atoms with Crippen molar-refractivity contribution >= 4 is 13.9 Å². The molecule has 2 N–H and O–H groups in total. The van der Waals surface area contributed by atoms with Gasteiger partial charge in [-0.3, -0.25) is 0 Å². The maximum Gasteiger partial charge on any atom is 0.129 e. The number of hydrogen-bond donors (Lipinski definition) is 2. The summed E-state index contributed by atoms with van der Waals surface area (Å²) in [5.74, 6) is 0.179. The van der Waals surface area contributed by atoms with Crippen molar-refractivity contribution in [3.63, 3.8) is 0 Å². The molecule has 8 heteroatoms. The molecule has 0 bridgehead atoms. The van der Waals surface area contributed by atoms with E-state index in [4.69, 9.17) is 18.9 Å². The van der Waals surface area contributed by atoms with Crippen molar-refractivity contribution in [1.82, 2.24) is 5.32 Å². The van der Waals surface area contributed by atoms with Crippen LogP contribution in [-0.2, 0) is 23.7 Å². The first-order valence-corrected chi connectivity index (χ1v) is 13.8. The molecule has 1 atom stereocenters. The quantitative estimate of drug-likeness (QED) is 0.225. The lowest BCUT2D eigenvalue weighted by molar-refractivity contribution is -0.119. The summed E-state index contributed by atoms with van der Waals surface area (Å²) in [5.41, 5.74) is -1.30. The highest BCUT2D eigenvalue weighted by Crippen LogP contribution is 2.35. The standard InChI is InChI=1S/C25H52NO6P/c1-21(27)11-12-22(2,3)29-17-14-24(6,7)31-19-33(28)20-32-25(8,9)15-18-30-23(4,5)13-16-26-10/h26,28H,11-20H2,1-10H3. The zero-order valence-electron chi connectivity index (χ0n) is 23.0. The van der Waals surface area contributed by atoms with Gasteiger partial charge in [0.15, 0.2) is 0 Å². The average Bonchev–Trinajstić information content (AvgIpc) is 2.67. The average molecular weight is 494 g/mol. The Balaban J connectivity index is 4.21. The highest BCUT2D eigenvalue weighted by molar-refractivity contribution is 7.51. The van der Waals surface area contributed by atoms with Gasteiger partial charge in [-0.15, -0.1) is 0 Å². The first kappa shape index (κ1) is 32.9. The van der Waals surface area contributed by atoms with E-state index in [1.165, 1.54) is 0 Å². The molecule has 0 saturated carbocycles. The second-order valence-electron chi connectivity index (χ2n) is 11.3. The second-order valence-corrected chi connectivity index (χ2v) is 12.9. The number of Topliss-reactive ketones (excluding diaryl/α,β-unsaturated/α-hetero) is 1. The minimum absolute atomic E-state index is 0.172. The van der Waals surface area contributed by atoms with E-state index >= 15 is 0 Å². The molecule has 0 spiro atoms. The Morgan fingerprint density at radius 2 is 1.12 bits per heavy atom. The minimum Gasteiger partial charge on any atom is -0.375 e. The smallest absolute Gasteiger partial charge is 0.129 e. The van der Waals surface area contributed by atoms with Gasteiger partial charge in [0.1, 0.15) is 5.78 Å². The van der Waals surface area contributed by atoms with Crippen LogP contribution in [0.5, 0.6) is 0 Å². The van der Waals surface area contributed by atoms with E-state index in [2.05, 4.69) is 19.2 Å². The summed E-state index contributed by atoms with van der Waals surface area (Å²) < 4.78 is 23.9. The summed E-state index contributed by atoms with van der Waals surface area (Å²) in [6.45, 7) is 19.9. The first-order chi connectivity index (χ1) is 15.0. The number of carbonyl (C=O) groups is 1. The van der Waals surface area contributed by atoms with Gasteiger partial charge in [0, 0.05) is 6.42 Å². The number of hydrogen-bond acceptors (Lipinski definition) is 7. The van der Waals surface area contributed by atoms with Crippen LogP contribution < -0.4 is 5.32 Å². The molecule has 0 aromatic heterocycles. The Hall–Kier alpha value is -0.140. The highest BCUT2D eigenvalue weighted by atomic mass is 31.1. The number of carbonyl (C=O) groups excluding carboxylic acids is 1. The van der Waals surface area contributed by atoms with Crippen molar-refractivity contribution in [3.8, 4) is 0 Å². The number of nitrogens with one attached hydrogen (secondary N) is 1. The van der Waals surface area contributed by atoms with Crippen molar-refractivity contribution < 1.29 is 28.6 Å². The third-order valence-electron chi connectivity index (χ3n) is 5.66. The molecule has 33 heavy (non-hydrogen) atoms. The largest absolute Gasteiger partial charge is 0.375 e. The number of ketones is 1. The van der Waals surface area contributed by atoms with E-state index in [-0.39, 0.29) is 35.3 Å². The molecule has 1 unspecified atom stereocenters. The number of rotatable bonds is 20. The minimum atomic E-state index is -1.38. The van der Waals surface area contributed by atoms with Gasteiger partial charge in [0.25, 0.3) is 0 Å². The molecule has 0 aliphatic rings. The summed E-state index contributed by atoms with van der Waals surface area (Å²) in [4.78, 5) is 21.6. The van der Waals surface area contributed by atoms with E-state index in [0.29, 0.717) is 32.5 Å². The fourth-order valence-electron chi connectivity index (χ4n) is 2.87. The summed E-state index contributed by atoms with van der Waals surface area (Å²) in [6, 6.07) is 0. The molecular formula is C25H52NO6P. The Labute approximate surface area is 204 Å². The summed E-state index contributed by atoms with van der Waals surface area (Å²) in [6.07, 6.45) is 4.17. The van der Waals surface area contributed by atoms with Crippen molar-refractivity contribution in [2.45, 2.75) is 117 Å². The molecule has 0 heterocycles. The predicted molar refractivity (Wildman–Crippen MR) is 137 cm³/mol. The van der Waals surface area contributed by atoms with E-state index in [0.717, 1.165) is 19.4 Å². The molecular weight excluding hydrogens is 441 g/mol. The highest BCUT2D eigenvalue weighted by Gasteiger charge is 2.26. The van der Waals surface area contributed by atoms with Crippen LogP contribution in [0.15, 0.2) is 0 Å².